The van der Waals surface area contributed by atoms with Gasteiger partial charge < -0.3 is 20.8 Å². The van der Waals surface area contributed by atoms with Gasteiger partial charge in [0.25, 0.3) is 0 Å². The number of rotatable bonds is 4. The maximum atomic E-state index is 11.4. The van der Waals surface area contributed by atoms with E-state index in [1.807, 2.05) is 25.6 Å². The van der Waals surface area contributed by atoms with Gasteiger partial charge in [-0.05, 0) is 36.2 Å². The standard InChI is InChI=1S/C20H22BrN7O2/c1-8-13(9(2)28(3)27-8)18-25-16-15(12(21)7-23-19(16)26-18)24-14-10-4-5-11(6-10)17(14)30-20(22)29/h4-5,7,10-11,14,17H,6H2,1-3H3,(H2,22,29)(H2,23,24,25,26)/t10-,11+,14+,17-/m0/s1. The first kappa shape index (κ1) is 19.1. The van der Waals surface area contributed by atoms with Crippen LogP contribution in [0.3, 0.4) is 0 Å². The van der Waals surface area contributed by atoms with Crippen LogP contribution in [0, 0.1) is 25.7 Å². The summed E-state index contributed by atoms with van der Waals surface area (Å²) in [5, 5.41) is 8.05. The first-order chi connectivity index (χ1) is 14.3. The smallest absolute Gasteiger partial charge is 0.404 e. The molecule has 1 fully saturated rings. The molecule has 156 valence electrons. The lowest BCUT2D eigenvalue weighted by Crippen LogP contribution is -2.41. The maximum Gasteiger partial charge on any atom is 0.404 e. The molecule has 9 nitrogen and oxygen atoms in total. The summed E-state index contributed by atoms with van der Waals surface area (Å²) in [6, 6.07) is -0.0867. The van der Waals surface area contributed by atoms with Crippen LogP contribution in [-0.4, -0.2) is 43.0 Å². The van der Waals surface area contributed by atoms with Crippen molar-refractivity contribution in [1.82, 2.24) is 24.7 Å². The molecule has 0 aromatic carbocycles. The molecule has 4 atom stereocenters. The van der Waals surface area contributed by atoms with Crippen LogP contribution in [0.5, 0.6) is 0 Å². The molecule has 10 heteroatoms. The van der Waals surface area contributed by atoms with Crippen molar-refractivity contribution >= 4 is 38.9 Å². The number of fused-ring (bicyclic) bond motifs is 3. The fourth-order valence-corrected chi connectivity index (χ4v) is 5.13. The summed E-state index contributed by atoms with van der Waals surface area (Å²) in [6.07, 6.45) is 5.89. The Balaban J connectivity index is 1.56. The molecule has 0 radical (unpaired) electrons. The molecule has 0 unspecified atom stereocenters. The van der Waals surface area contributed by atoms with Crippen LogP contribution in [0.2, 0.25) is 0 Å². The summed E-state index contributed by atoms with van der Waals surface area (Å²) in [5.74, 6) is 1.15. The van der Waals surface area contributed by atoms with Crippen molar-refractivity contribution in [2.45, 2.75) is 32.4 Å². The minimum Gasteiger partial charge on any atom is -0.444 e. The minimum atomic E-state index is -0.753. The number of H-pyrrole nitrogens is 1. The van der Waals surface area contributed by atoms with Gasteiger partial charge in [0.15, 0.2) is 5.65 Å². The molecule has 2 bridgehead atoms. The lowest BCUT2D eigenvalue weighted by Gasteiger charge is -2.29. The van der Waals surface area contributed by atoms with Crippen LogP contribution in [0.15, 0.2) is 22.8 Å². The topological polar surface area (TPSA) is 124 Å². The number of pyridine rings is 1. The molecule has 1 saturated carbocycles. The van der Waals surface area contributed by atoms with E-state index < -0.39 is 6.09 Å². The van der Waals surface area contributed by atoms with Crippen molar-refractivity contribution in [2.24, 2.45) is 24.6 Å². The average molecular weight is 472 g/mol. The minimum absolute atomic E-state index is 0.0867. The van der Waals surface area contributed by atoms with Crippen molar-refractivity contribution in [2.75, 3.05) is 5.32 Å². The molecule has 2 aliphatic carbocycles. The number of aromatic amines is 1. The summed E-state index contributed by atoms with van der Waals surface area (Å²) in [6.45, 7) is 3.98. The van der Waals surface area contributed by atoms with Crippen LogP contribution in [-0.2, 0) is 11.8 Å². The van der Waals surface area contributed by atoms with Gasteiger partial charge in [-0.15, -0.1) is 0 Å². The number of hydrogen-bond acceptors (Lipinski definition) is 6. The number of amides is 1. The molecule has 30 heavy (non-hydrogen) atoms. The van der Waals surface area contributed by atoms with E-state index in [-0.39, 0.29) is 24.0 Å². The first-order valence-corrected chi connectivity index (χ1v) is 10.6. The Hall–Kier alpha value is -2.88. The highest BCUT2D eigenvalue weighted by molar-refractivity contribution is 9.10. The molecule has 3 heterocycles. The number of primary amides is 1. The Morgan fingerprint density at radius 2 is 2.13 bits per heavy atom. The third kappa shape index (κ3) is 2.89. The molecular formula is C20H22BrN7O2. The monoisotopic (exact) mass is 471 g/mol. The fraction of sp³-hybridized carbons (Fsp3) is 0.400. The molecule has 0 spiro atoms. The number of nitrogens with two attached hydrogens (primary N) is 1. The number of nitrogens with zero attached hydrogens (tertiary/aromatic N) is 4. The van der Waals surface area contributed by atoms with Crippen molar-refractivity contribution in [3.8, 4) is 11.4 Å². The Labute approximate surface area is 181 Å². The number of ether oxygens (including phenoxy) is 1. The lowest BCUT2D eigenvalue weighted by molar-refractivity contribution is 0.0854. The normalized spacial score (nSPS) is 24.7. The zero-order valence-electron chi connectivity index (χ0n) is 16.8. The van der Waals surface area contributed by atoms with Gasteiger partial charge in [-0.1, -0.05) is 12.2 Å². The van der Waals surface area contributed by atoms with Gasteiger partial charge in [-0.3, -0.25) is 4.68 Å². The zero-order chi connectivity index (χ0) is 21.2. The number of imidazole rings is 1. The van der Waals surface area contributed by atoms with E-state index in [1.165, 1.54) is 0 Å². The summed E-state index contributed by atoms with van der Waals surface area (Å²) in [7, 11) is 1.91. The number of anilines is 1. The van der Waals surface area contributed by atoms with Crippen molar-refractivity contribution in [3.05, 3.63) is 34.2 Å². The van der Waals surface area contributed by atoms with Crippen molar-refractivity contribution in [1.29, 1.82) is 0 Å². The highest BCUT2D eigenvalue weighted by Crippen LogP contribution is 2.44. The second-order valence-electron chi connectivity index (χ2n) is 7.95. The largest absolute Gasteiger partial charge is 0.444 e. The number of nitrogens with one attached hydrogen (secondary N) is 2. The van der Waals surface area contributed by atoms with Crippen LogP contribution in [0.4, 0.5) is 10.5 Å². The predicted octanol–water partition coefficient (Wildman–Crippen LogP) is 3.19. The predicted molar refractivity (Wildman–Crippen MR) is 116 cm³/mol. The van der Waals surface area contributed by atoms with E-state index in [4.69, 9.17) is 15.5 Å². The zero-order valence-corrected chi connectivity index (χ0v) is 18.4. The van der Waals surface area contributed by atoms with E-state index in [0.29, 0.717) is 11.2 Å². The van der Waals surface area contributed by atoms with Crippen LogP contribution >= 0.6 is 15.9 Å². The third-order valence-electron chi connectivity index (χ3n) is 6.16. The van der Waals surface area contributed by atoms with Gasteiger partial charge in [-0.2, -0.15) is 5.10 Å². The Morgan fingerprint density at radius 3 is 2.83 bits per heavy atom. The van der Waals surface area contributed by atoms with E-state index in [0.717, 1.165) is 39.4 Å². The molecule has 3 aromatic heterocycles. The quantitative estimate of drug-likeness (QED) is 0.501. The number of aromatic nitrogens is 5. The van der Waals surface area contributed by atoms with Crippen molar-refractivity contribution < 1.29 is 9.53 Å². The third-order valence-corrected chi connectivity index (χ3v) is 6.76. The van der Waals surface area contributed by atoms with Gasteiger partial charge in [0.2, 0.25) is 0 Å². The Bertz CT molecular complexity index is 1200. The number of hydrogen-bond donors (Lipinski definition) is 3. The summed E-state index contributed by atoms with van der Waals surface area (Å²) >= 11 is 3.60. The highest BCUT2D eigenvalue weighted by Gasteiger charge is 2.47. The molecule has 5 rings (SSSR count). The molecule has 0 saturated heterocycles. The number of carbonyl (C=O) groups is 1. The Morgan fingerprint density at radius 1 is 1.37 bits per heavy atom. The van der Waals surface area contributed by atoms with Crippen LogP contribution < -0.4 is 11.1 Å². The molecule has 0 aliphatic heterocycles. The SMILES string of the molecule is Cc1nn(C)c(C)c1-c1nc2c(N[C@H]3[C@@H](OC(N)=O)[C@@H]4C=C[C@H]3C4)c(Br)cnc2[nH]1. The number of carbonyl (C=O) groups excluding carboxylic acids is 1. The van der Waals surface area contributed by atoms with Gasteiger partial charge in [0.05, 0.1) is 27.5 Å². The van der Waals surface area contributed by atoms with Gasteiger partial charge in [0, 0.05) is 30.8 Å². The van der Waals surface area contributed by atoms with Crippen LogP contribution in [0.1, 0.15) is 17.8 Å². The van der Waals surface area contributed by atoms with Gasteiger partial charge in [-0.25, -0.2) is 14.8 Å². The summed E-state index contributed by atoms with van der Waals surface area (Å²) < 4.78 is 8.08. The summed E-state index contributed by atoms with van der Waals surface area (Å²) in [4.78, 5) is 24.1. The number of aryl methyl sites for hydroxylation is 2. The highest BCUT2D eigenvalue weighted by atomic mass is 79.9. The van der Waals surface area contributed by atoms with E-state index in [1.54, 1.807) is 6.20 Å². The lowest BCUT2D eigenvalue weighted by atomic mass is 9.98. The second-order valence-corrected chi connectivity index (χ2v) is 8.81. The van der Waals surface area contributed by atoms with E-state index in [9.17, 15) is 4.79 Å². The van der Waals surface area contributed by atoms with Crippen LogP contribution in [0.25, 0.3) is 22.6 Å². The number of halogens is 1. The van der Waals surface area contributed by atoms with Crippen molar-refractivity contribution in [3.63, 3.8) is 0 Å². The van der Waals surface area contributed by atoms with E-state index in [2.05, 4.69) is 48.5 Å². The summed E-state index contributed by atoms with van der Waals surface area (Å²) in [5.41, 5.74) is 10.4. The van der Waals surface area contributed by atoms with Gasteiger partial charge in [0.1, 0.15) is 17.4 Å². The Kier molecular flexibility index (Phi) is 4.35. The first-order valence-electron chi connectivity index (χ1n) is 9.79. The second kappa shape index (κ2) is 6.83. The van der Waals surface area contributed by atoms with E-state index >= 15 is 0 Å². The molecule has 2 aliphatic rings. The molecule has 4 N–H and O–H groups in total. The fourth-order valence-electron chi connectivity index (χ4n) is 4.73. The molecule has 3 aromatic rings. The van der Waals surface area contributed by atoms with Gasteiger partial charge >= 0.3 is 6.09 Å². The maximum absolute atomic E-state index is 11.4. The molecular weight excluding hydrogens is 450 g/mol. The average Bonchev–Trinajstić information content (AvgIpc) is 3.43. The molecule has 1 amide bonds.